The molecular formula is C20H23BrO3. The maximum Gasteiger partial charge on any atom is 0.331 e. The second-order valence-corrected chi connectivity index (χ2v) is 7.70. The van der Waals surface area contributed by atoms with Gasteiger partial charge in [0.1, 0.15) is 12.4 Å². The first-order chi connectivity index (χ1) is 11.2. The monoisotopic (exact) mass is 390 g/mol. The summed E-state index contributed by atoms with van der Waals surface area (Å²) in [6, 6.07) is 7.89. The zero-order valence-electron chi connectivity index (χ0n) is 14.8. The number of furan rings is 1. The molecule has 0 spiro atoms. The number of benzene rings is 1. The van der Waals surface area contributed by atoms with Crippen LogP contribution < -0.4 is 0 Å². The fourth-order valence-electron chi connectivity index (χ4n) is 2.41. The van der Waals surface area contributed by atoms with Crippen LogP contribution in [0, 0.1) is 13.8 Å². The van der Waals surface area contributed by atoms with E-state index in [-0.39, 0.29) is 18.0 Å². The Bertz CT molecular complexity index is 740. The number of aryl methyl sites for hydroxylation is 2. The molecule has 0 amide bonds. The van der Waals surface area contributed by atoms with E-state index in [2.05, 4.69) is 62.7 Å². The molecule has 0 N–H and O–H groups in total. The number of ether oxygens (including phenoxy) is 1. The zero-order valence-corrected chi connectivity index (χ0v) is 16.4. The van der Waals surface area contributed by atoms with Crippen molar-refractivity contribution in [2.45, 2.75) is 46.6 Å². The molecule has 0 radical (unpaired) electrons. The van der Waals surface area contributed by atoms with Crippen molar-refractivity contribution >= 4 is 28.0 Å². The quantitative estimate of drug-likeness (QED) is 0.495. The number of hydrogen-bond acceptors (Lipinski definition) is 3. The first-order valence-electron chi connectivity index (χ1n) is 7.87. The molecule has 4 heteroatoms. The van der Waals surface area contributed by atoms with Gasteiger partial charge in [-0.05, 0) is 75.7 Å². The number of hydrogen-bond donors (Lipinski definition) is 0. The van der Waals surface area contributed by atoms with Crippen molar-refractivity contribution in [1.82, 2.24) is 0 Å². The van der Waals surface area contributed by atoms with Crippen molar-refractivity contribution in [1.29, 1.82) is 0 Å². The highest BCUT2D eigenvalue weighted by Crippen LogP contribution is 2.27. The van der Waals surface area contributed by atoms with E-state index in [4.69, 9.17) is 9.15 Å². The lowest BCUT2D eigenvalue weighted by atomic mass is 9.84. The minimum Gasteiger partial charge on any atom is -0.458 e. The normalized spacial score (nSPS) is 11.9. The van der Waals surface area contributed by atoms with Gasteiger partial charge in [-0.25, -0.2) is 4.79 Å². The van der Waals surface area contributed by atoms with Crippen LogP contribution >= 0.6 is 15.9 Å². The van der Waals surface area contributed by atoms with Crippen molar-refractivity contribution in [3.05, 3.63) is 63.0 Å². The van der Waals surface area contributed by atoms with Gasteiger partial charge in [0.25, 0.3) is 0 Å². The van der Waals surface area contributed by atoms with Gasteiger partial charge in [-0.2, -0.15) is 0 Å². The van der Waals surface area contributed by atoms with Crippen LogP contribution in [0.2, 0.25) is 0 Å². The third-order valence-electron chi connectivity index (χ3n) is 3.90. The van der Waals surface area contributed by atoms with Gasteiger partial charge in [0.15, 0.2) is 4.67 Å². The van der Waals surface area contributed by atoms with Gasteiger partial charge in [0.2, 0.25) is 0 Å². The van der Waals surface area contributed by atoms with Crippen molar-refractivity contribution in [3.63, 3.8) is 0 Å². The summed E-state index contributed by atoms with van der Waals surface area (Å²) in [7, 11) is 0. The number of carbonyl (C=O) groups is 1. The van der Waals surface area contributed by atoms with Crippen molar-refractivity contribution in [2.75, 3.05) is 0 Å². The molecule has 0 bridgehead atoms. The highest BCUT2D eigenvalue weighted by molar-refractivity contribution is 9.10. The Morgan fingerprint density at radius 3 is 2.33 bits per heavy atom. The fraction of sp³-hybridized carbons (Fsp3) is 0.350. The highest BCUT2D eigenvalue weighted by atomic mass is 79.9. The summed E-state index contributed by atoms with van der Waals surface area (Å²) < 4.78 is 11.3. The fourth-order valence-corrected chi connectivity index (χ4v) is 2.73. The third kappa shape index (κ3) is 4.84. The molecule has 0 saturated heterocycles. The Morgan fingerprint density at radius 2 is 1.83 bits per heavy atom. The molecule has 0 aliphatic carbocycles. The smallest absolute Gasteiger partial charge is 0.331 e. The predicted molar refractivity (Wildman–Crippen MR) is 99.9 cm³/mol. The largest absolute Gasteiger partial charge is 0.458 e. The number of carbonyl (C=O) groups excluding carboxylic acids is 1. The molecule has 2 aromatic rings. The summed E-state index contributed by atoms with van der Waals surface area (Å²) in [6.07, 6.45) is 2.97. The lowest BCUT2D eigenvalue weighted by Gasteiger charge is -2.22. The van der Waals surface area contributed by atoms with Gasteiger partial charge < -0.3 is 9.15 Å². The average Bonchev–Trinajstić information content (AvgIpc) is 2.88. The van der Waals surface area contributed by atoms with Gasteiger partial charge in [0, 0.05) is 6.08 Å². The first kappa shape index (κ1) is 18.5. The molecule has 0 unspecified atom stereocenters. The summed E-state index contributed by atoms with van der Waals surface area (Å²) in [5, 5.41) is 0. The second-order valence-electron chi connectivity index (χ2n) is 6.92. The van der Waals surface area contributed by atoms with Crippen molar-refractivity contribution in [2.24, 2.45) is 0 Å². The molecular weight excluding hydrogens is 368 g/mol. The van der Waals surface area contributed by atoms with Gasteiger partial charge in [-0.15, -0.1) is 0 Å². The Balaban J connectivity index is 2.04. The molecule has 0 atom stereocenters. The molecule has 0 aliphatic rings. The van der Waals surface area contributed by atoms with E-state index < -0.39 is 0 Å². The van der Waals surface area contributed by atoms with Crippen LogP contribution in [-0.2, 0) is 21.6 Å². The van der Waals surface area contributed by atoms with Gasteiger partial charge in [0.05, 0.1) is 0 Å². The number of rotatable bonds is 4. The van der Waals surface area contributed by atoms with Gasteiger partial charge >= 0.3 is 5.97 Å². The summed E-state index contributed by atoms with van der Waals surface area (Å²) in [5.41, 5.74) is 4.74. The summed E-state index contributed by atoms with van der Waals surface area (Å²) in [6.45, 7) is 11.0. The van der Waals surface area contributed by atoms with E-state index in [0.29, 0.717) is 10.4 Å². The lowest BCUT2D eigenvalue weighted by Crippen LogP contribution is -2.13. The predicted octanol–water partition coefficient (Wildman–Crippen LogP) is 5.71. The molecule has 1 aromatic carbocycles. The van der Waals surface area contributed by atoms with Crippen LogP contribution in [0.25, 0.3) is 6.08 Å². The van der Waals surface area contributed by atoms with Crippen LogP contribution in [0.3, 0.4) is 0 Å². The van der Waals surface area contributed by atoms with Crippen LogP contribution in [0.15, 0.2) is 39.4 Å². The standard InChI is InChI=1S/C20H23BrO3/c1-13-10-15(20(3,4)5)11-14(2)17(13)12-23-19(22)9-7-16-6-8-18(21)24-16/h6-11H,12H2,1-5H3. The Kier molecular flexibility index (Phi) is 5.70. The van der Waals surface area contributed by atoms with Gasteiger partial charge in [-0.1, -0.05) is 32.9 Å². The topological polar surface area (TPSA) is 39.4 Å². The van der Waals surface area contributed by atoms with Crippen molar-refractivity contribution in [3.8, 4) is 0 Å². The zero-order chi connectivity index (χ0) is 17.9. The molecule has 0 saturated carbocycles. The minimum atomic E-state index is -0.388. The maximum atomic E-state index is 11.9. The van der Waals surface area contributed by atoms with E-state index in [9.17, 15) is 4.79 Å². The van der Waals surface area contributed by atoms with Crippen LogP contribution in [-0.4, -0.2) is 5.97 Å². The average molecular weight is 391 g/mol. The Morgan fingerprint density at radius 1 is 1.21 bits per heavy atom. The van der Waals surface area contributed by atoms with Crippen LogP contribution in [0.4, 0.5) is 0 Å². The van der Waals surface area contributed by atoms with E-state index in [1.165, 1.54) is 11.6 Å². The Hall–Kier alpha value is -1.81. The molecule has 0 fully saturated rings. The highest BCUT2D eigenvalue weighted by Gasteiger charge is 2.16. The molecule has 2 rings (SSSR count). The minimum absolute atomic E-state index is 0.102. The van der Waals surface area contributed by atoms with Crippen LogP contribution in [0.5, 0.6) is 0 Å². The molecule has 1 heterocycles. The van der Waals surface area contributed by atoms with E-state index in [1.807, 2.05) is 0 Å². The maximum absolute atomic E-state index is 11.9. The van der Waals surface area contributed by atoms with E-state index in [1.54, 1.807) is 18.2 Å². The summed E-state index contributed by atoms with van der Waals surface area (Å²) in [4.78, 5) is 11.9. The lowest BCUT2D eigenvalue weighted by molar-refractivity contribution is -0.138. The van der Waals surface area contributed by atoms with E-state index >= 15 is 0 Å². The van der Waals surface area contributed by atoms with Crippen LogP contribution in [0.1, 0.15) is 48.8 Å². The SMILES string of the molecule is Cc1cc(C(C)(C)C)cc(C)c1COC(=O)C=Cc1ccc(Br)o1. The molecule has 24 heavy (non-hydrogen) atoms. The summed E-state index contributed by atoms with van der Waals surface area (Å²) in [5.74, 6) is 0.210. The molecule has 0 aliphatic heterocycles. The first-order valence-corrected chi connectivity index (χ1v) is 8.67. The number of halogens is 1. The molecule has 128 valence electrons. The summed E-state index contributed by atoms with van der Waals surface area (Å²) >= 11 is 3.22. The van der Waals surface area contributed by atoms with E-state index in [0.717, 1.165) is 16.7 Å². The second kappa shape index (κ2) is 7.39. The molecule has 1 aromatic heterocycles. The van der Waals surface area contributed by atoms with Gasteiger partial charge in [-0.3, -0.25) is 0 Å². The Labute approximate surface area is 151 Å². The molecule has 3 nitrogen and oxygen atoms in total. The van der Waals surface area contributed by atoms with Crippen molar-refractivity contribution < 1.29 is 13.9 Å². The number of esters is 1. The third-order valence-corrected chi connectivity index (χ3v) is 4.32.